The van der Waals surface area contributed by atoms with Crippen LogP contribution in [0.15, 0.2) is 102 Å². The molecule has 0 aliphatic carbocycles. The number of hydrogen-bond donors (Lipinski definition) is 4. The minimum Gasteiger partial charge on any atom is -0.383 e. The van der Waals surface area contributed by atoms with E-state index < -0.39 is 0 Å². The second kappa shape index (κ2) is 12.2. The second-order valence-corrected chi connectivity index (χ2v) is 9.84. The van der Waals surface area contributed by atoms with Gasteiger partial charge in [0.25, 0.3) is 0 Å². The number of hydrogen-bond acceptors (Lipinski definition) is 7. The minimum atomic E-state index is -0.140. The molecule has 1 aliphatic rings. The van der Waals surface area contributed by atoms with E-state index in [1.807, 2.05) is 54.3 Å². The van der Waals surface area contributed by atoms with Gasteiger partial charge in [-0.2, -0.15) is 0 Å². The third kappa shape index (κ3) is 7.16. The molecular weight excluding hydrogens is 482 g/mol. The highest BCUT2D eigenvalue weighted by atomic mass is 32.1. The zero-order valence-corrected chi connectivity index (χ0v) is 21.6. The van der Waals surface area contributed by atoms with Gasteiger partial charge in [-0.15, -0.1) is 11.3 Å². The van der Waals surface area contributed by atoms with Crippen LogP contribution in [0.25, 0.3) is 0 Å². The number of benzene rings is 2. The Bertz CT molecular complexity index is 1270. The van der Waals surface area contributed by atoms with Crippen LogP contribution in [-0.4, -0.2) is 34.0 Å². The fraction of sp³-hybridized carbons (Fsp3) is 0.179. The number of amidine groups is 2. The van der Waals surface area contributed by atoms with Crippen LogP contribution < -0.4 is 16.5 Å². The van der Waals surface area contributed by atoms with Crippen LogP contribution in [-0.2, 0) is 24.4 Å². The predicted octanol–water partition coefficient (Wildman–Crippen LogP) is 3.94. The first-order chi connectivity index (χ1) is 17.9. The molecule has 0 saturated carbocycles. The lowest BCUT2D eigenvalue weighted by Crippen LogP contribution is -2.47. The predicted molar refractivity (Wildman–Crippen MR) is 149 cm³/mol. The topological polar surface area (TPSA) is 110 Å². The number of nitrogens with two attached hydrogens (primary N) is 1. The van der Waals surface area contributed by atoms with E-state index in [4.69, 9.17) is 11.1 Å². The molecule has 0 atom stereocenters. The highest BCUT2D eigenvalue weighted by Gasteiger charge is 2.23. The number of amides is 1. The van der Waals surface area contributed by atoms with Crippen molar-refractivity contribution in [3.8, 4) is 0 Å². The lowest BCUT2D eigenvalue weighted by atomic mass is 10.2. The van der Waals surface area contributed by atoms with E-state index in [0.717, 1.165) is 21.7 Å². The number of carbonyl (C=O) groups excluding carboxylic acids is 1. The maximum Gasteiger partial charge on any atom is 0.240 e. The van der Waals surface area contributed by atoms with Gasteiger partial charge >= 0.3 is 0 Å². The summed E-state index contributed by atoms with van der Waals surface area (Å²) in [6.07, 6.45) is 1.74. The van der Waals surface area contributed by atoms with Gasteiger partial charge in [-0.05, 0) is 30.2 Å². The molecule has 0 unspecified atom stereocenters. The molecular formula is C28H31N7OS. The molecule has 0 spiro atoms. The van der Waals surface area contributed by atoms with E-state index in [1.54, 1.807) is 12.3 Å². The van der Waals surface area contributed by atoms with Crippen molar-refractivity contribution in [1.82, 2.24) is 20.7 Å². The Kier molecular flexibility index (Phi) is 8.50. The molecule has 1 aromatic heterocycles. The lowest BCUT2D eigenvalue weighted by molar-refractivity contribution is -0.121. The molecule has 37 heavy (non-hydrogen) atoms. The van der Waals surface area contributed by atoms with E-state index in [2.05, 4.69) is 51.6 Å². The van der Waals surface area contributed by atoms with E-state index in [1.165, 1.54) is 11.3 Å². The van der Waals surface area contributed by atoms with Gasteiger partial charge in [-0.25, -0.2) is 10.0 Å². The third-order valence-corrected chi connectivity index (χ3v) is 6.91. The molecule has 2 aromatic carbocycles. The highest BCUT2D eigenvalue weighted by molar-refractivity contribution is 7.14. The number of hydrazine groups is 1. The number of nitrogens with one attached hydrogen (secondary N) is 3. The number of nitrogen functional groups attached to an aromatic ring is 1. The van der Waals surface area contributed by atoms with E-state index in [-0.39, 0.29) is 18.3 Å². The van der Waals surface area contributed by atoms with Crippen LogP contribution in [0, 0.1) is 5.41 Å². The molecule has 9 heteroatoms. The summed E-state index contributed by atoms with van der Waals surface area (Å²) in [5.41, 5.74) is 12.7. The molecule has 0 saturated heterocycles. The van der Waals surface area contributed by atoms with Crippen molar-refractivity contribution in [2.75, 3.05) is 6.54 Å². The highest BCUT2D eigenvalue weighted by Crippen LogP contribution is 2.19. The first-order valence-corrected chi connectivity index (χ1v) is 12.7. The van der Waals surface area contributed by atoms with Crippen molar-refractivity contribution in [3.05, 3.63) is 118 Å². The van der Waals surface area contributed by atoms with E-state index in [9.17, 15) is 4.79 Å². The van der Waals surface area contributed by atoms with Gasteiger partial charge < -0.3 is 21.4 Å². The van der Waals surface area contributed by atoms with Crippen LogP contribution in [0.4, 0.5) is 0 Å². The molecule has 0 fully saturated rings. The number of thiophene rings is 1. The van der Waals surface area contributed by atoms with Crippen molar-refractivity contribution in [2.45, 2.75) is 26.6 Å². The smallest absolute Gasteiger partial charge is 0.240 e. The summed E-state index contributed by atoms with van der Waals surface area (Å²) in [5, 5.41) is 12.6. The molecule has 4 rings (SSSR count). The van der Waals surface area contributed by atoms with Gasteiger partial charge in [0.1, 0.15) is 12.4 Å². The Morgan fingerprint density at radius 2 is 1.68 bits per heavy atom. The fourth-order valence-corrected chi connectivity index (χ4v) is 4.66. The number of allylic oxidation sites excluding steroid dienone is 1. The summed E-state index contributed by atoms with van der Waals surface area (Å²) in [4.78, 5) is 20.8. The normalized spacial score (nSPS) is 13.2. The summed E-state index contributed by atoms with van der Waals surface area (Å²) in [5.74, 6) is 0.480. The largest absolute Gasteiger partial charge is 0.383 e. The van der Waals surface area contributed by atoms with Gasteiger partial charge in [0.15, 0.2) is 5.84 Å². The zero-order chi connectivity index (χ0) is 26.2. The quantitative estimate of drug-likeness (QED) is 0.186. The molecule has 190 valence electrons. The molecule has 0 radical (unpaired) electrons. The summed E-state index contributed by atoms with van der Waals surface area (Å²) >= 11 is 1.40. The fourth-order valence-electron chi connectivity index (χ4n) is 3.85. The number of carbonyl (C=O) groups is 1. The van der Waals surface area contributed by atoms with Gasteiger partial charge in [-0.3, -0.25) is 10.2 Å². The van der Waals surface area contributed by atoms with Gasteiger partial charge in [0.05, 0.1) is 17.1 Å². The second-order valence-electron chi connectivity index (χ2n) is 8.68. The van der Waals surface area contributed by atoms with Crippen LogP contribution >= 0.6 is 11.3 Å². The van der Waals surface area contributed by atoms with Crippen molar-refractivity contribution >= 4 is 28.9 Å². The maximum absolute atomic E-state index is 12.8. The molecule has 5 N–H and O–H groups in total. The van der Waals surface area contributed by atoms with Gasteiger partial charge in [-0.1, -0.05) is 67.2 Å². The Morgan fingerprint density at radius 3 is 2.24 bits per heavy atom. The van der Waals surface area contributed by atoms with Gasteiger partial charge in [0, 0.05) is 29.9 Å². The molecule has 1 amide bonds. The summed E-state index contributed by atoms with van der Waals surface area (Å²) in [7, 11) is 0. The molecule has 8 nitrogen and oxygen atoms in total. The first kappa shape index (κ1) is 25.9. The summed E-state index contributed by atoms with van der Waals surface area (Å²) in [6, 6.07) is 24.1. The Morgan fingerprint density at radius 1 is 1.05 bits per heavy atom. The average molecular weight is 514 g/mol. The van der Waals surface area contributed by atoms with E-state index >= 15 is 0 Å². The zero-order valence-electron chi connectivity index (χ0n) is 20.8. The molecule has 2 heterocycles. The standard InChI is InChI=1S/C28H31N7OS/c1-20-15-32-28(21(2)35(20)19-26(36)31-16-24-13-14-25(37-24)27(29)30)33-34(17-22-9-5-3-6-10-22)18-23-11-7-4-8-12-23/h3-15H,2,16-19H2,1H3,(H3,29,30)(H,31,36)(H,32,33). The van der Waals surface area contributed by atoms with Gasteiger partial charge in [0.2, 0.25) is 5.91 Å². The Hall–Kier alpha value is -4.21. The monoisotopic (exact) mass is 513 g/mol. The maximum atomic E-state index is 12.8. The van der Waals surface area contributed by atoms with Crippen molar-refractivity contribution < 1.29 is 4.79 Å². The van der Waals surface area contributed by atoms with Crippen LogP contribution in [0.3, 0.4) is 0 Å². The van der Waals surface area contributed by atoms with Crippen molar-refractivity contribution in [1.29, 1.82) is 5.41 Å². The Balaban J connectivity index is 1.41. The minimum absolute atomic E-state index is 0.0286. The van der Waals surface area contributed by atoms with Crippen LogP contribution in [0.5, 0.6) is 0 Å². The molecule has 3 aromatic rings. The van der Waals surface area contributed by atoms with E-state index in [0.29, 0.717) is 36.0 Å². The number of nitrogens with zero attached hydrogens (tertiary/aromatic N) is 3. The number of rotatable bonds is 10. The molecule has 1 aliphatic heterocycles. The summed E-state index contributed by atoms with van der Waals surface area (Å²) < 4.78 is 0. The first-order valence-electron chi connectivity index (χ1n) is 11.9. The summed E-state index contributed by atoms with van der Waals surface area (Å²) in [6.45, 7) is 7.96. The van der Waals surface area contributed by atoms with Crippen molar-refractivity contribution in [3.63, 3.8) is 0 Å². The number of aliphatic imine (C=N–C) groups is 1. The third-order valence-electron chi connectivity index (χ3n) is 5.79. The van der Waals surface area contributed by atoms with Crippen molar-refractivity contribution in [2.24, 2.45) is 10.7 Å². The Labute approximate surface area is 221 Å². The van der Waals surface area contributed by atoms with Crippen LogP contribution in [0.2, 0.25) is 0 Å². The van der Waals surface area contributed by atoms with Crippen LogP contribution in [0.1, 0.15) is 27.8 Å². The SMILES string of the molecule is C=C1C(NN(Cc2ccccc2)Cc2ccccc2)=NC=C(C)N1CC(=O)NCc1ccc(C(=N)N)s1. The molecule has 0 bridgehead atoms. The lowest BCUT2D eigenvalue weighted by Gasteiger charge is -2.33. The average Bonchev–Trinajstić information content (AvgIpc) is 3.38.